The molecule has 0 aliphatic heterocycles. The summed E-state index contributed by atoms with van der Waals surface area (Å²) in [5, 5.41) is 49.6. The lowest BCUT2D eigenvalue weighted by Crippen LogP contribution is -2.20. The first-order valence-electron chi connectivity index (χ1n) is 7.38. The fourth-order valence-electron chi connectivity index (χ4n) is 1.97. The van der Waals surface area contributed by atoms with E-state index in [0.29, 0.717) is 11.5 Å². The lowest BCUT2D eigenvalue weighted by molar-refractivity contribution is -0.742. The van der Waals surface area contributed by atoms with E-state index >= 15 is 0 Å². The Morgan fingerprint density at radius 3 is 2.07 bits per heavy atom. The summed E-state index contributed by atoms with van der Waals surface area (Å²) in [6.07, 6.45) is 1.07. The van der Waals surface area contributed by atoms with Gasteiger partial charge in [-0.25, -0.2) is 0 Å². The number of hydrogen-bond acceptors (Lipinski definition) is 10. The Kier molecular flexibility index (Phi) is 14.1. The van der Waals surface area contributed by atoms with Crippen molar-refractivity contribution in [2.24, 2.45) is 0 Å². The SMILES string of the molecule is COc1cc2nccc(NC(O)CCO)c2cc1OC.Cl.O=[N+]([O-])O.O=[N+]([O-])O. The average molecular weight is 441 g/mol. The second-order valence-corrected chi connectivity index (χ2v) is 4.73. The maximum absolute atomic E-state index is 9.74. The summed E-state index contributed by atoms with van der Waals surface area (Å²) in [6.45, 7) is -0.0890. The Balaban J connectivity index is 0. The smallest absolute Gasteiger partial charge is 0.291 e. The topological polar surface area (TPSA) is 211 Å². The van der Waals surface area contributed by atoms with Crippen LogP contribution < -0.4 is 14.8 Å². The van der Waals surface area contributed by atoms with Crippen LogP contribution in [0.4, 0.5) is 5.69 Å². The summed E-state index contributed by atoms with van der Waals surface area (Å²) in [4.78, 5) is 21.0. The predicted octanol–water partition coefficient (Wildman–Crippen LogP) is 1.09. The van der Waals surface area contributed by atoms with Gasteiger partial charge in [-0.3, -0.25) is 4.98 Å². The standard InChI is InChI=1S/C14H18N2O4.ClH.2HNO3/c1-19-12-7-9-10(16-14(18)4-6-17)3-5-15-11(9)8-13(12)20-2;;2*2-1(3)4/h3,5,7-8,14,17-18H,4,6H2,1-2H3,(H,15,16);1H;2*(H,2,3,4). The third-order valence-electron chi connectivity index (χ3n) is 2.97. The molecule has 0 aliphatic rings. The number of benzene rings is 1. The van der Waals surface area contributed by atoms with Crippen molar-refractivity contribution in [3.63, 3.8) is 0 Å². The number of fused-ring (bicyclic) bond motifs is 1. The molecule has 1 aromatic heterocycles. The molecular formula is C14H21ClN4O10. The molecule has 2 rings (SSSR count). The van der Waals surface area contributed by atoms with Crippen LogP contribution in [-0.4, -0.2) is 62.8 Å². The monoisotopic (exact) mass is 440 g/mol. The largest absolute Gasteiger partial charge is 0.493 e. The molecule has 1 atom stereocenters. The maximum atomic E-state index is 9.74. The van der Waals surface area contributed by atoms with Gasteiger partial charge in [0.05, 0.1) is 19.7 Å². The molecule has 1 unspecified atom stereocenters. The van der Waals surface area contributed by atoms with E-state index in [9.17, 15) is 5.11 Å². The molecule has 0 aliphatic carbocycles. The van der Waals surface area contributed by atoms with Gasteiger partial charge in [0.1, 0.15) is 6.23 Å². The molecule has 0 amide bonds. The van der Waals surface area contributed by atoms with Gasteiger partial charge in [-0.15, -0.1) is 32.6 Å². The number of anilines is 1. The minimum Gasteiger partial charge on any atom is -0.493 e. The number of nitrogens with zero attached hydrogens (tertiary/aromatic N) is 3. The third-order valence-corrected chi connectivity index (χ3v) is 2.97. The van der Waals surface area contributed by atoms with Gasteiger partial charge in [0.2, 0.25) is 0 Å². The van der Waals surface area contributed by atoms with Gasteiger partial charge >= 0.3 is 0 Å². The molecule has 1 aromatic carbocycles. The number of pyridine rings is 1. The summed E-state index contributed by atoms with van der Waals surface area (Å²) in [5.74, 6) is 1.19. The first-order chi connectivity index (χ1) is 13.2. The molecule has 14 nitrogen and oxygen atoms in total. The van der Waals surface area contributed by atoms with Crippen LogP contribution in [0.1, 0.15) is 6.42 Å². The van der Waals surface area contributed by atoms with Crippen molar-refractivity contribution in [2.75, 3.05) is 26.1 Å². The molecule has 0 spiro atoms. The zero-order valence-electron chi connectivity index (χ0n) is 15.3. The number of rotatable bonds is 6. The van der Waals surface area contributed by atoms with Gasteiger partial charge < -0.3 is 35.4 Å². The first kappa shape index (κ1) is 27.9. The highest BCUT2D eigenvalue weighted by atomic mass is 35.5. The highest BCUT2D eigenvalue weighted by molar-refractivity contribution is 5.93. The van der Waals surface area contributed by atoms with Gasteiger partial charge in [-0.2, -0.15) is 0 Å². The van der Waals surface area contributed by atoms with Gasteiger partial charge in [0.25, 0.3) is 10.2 Å². The predicted molar refractivity (Wildman–Crippen MR) is 101 cm³/mol. The van der Waals surface area contributed by atoms with Gasteiger partial charge in [-0.05, 0) is 12.1 Å². The van der Waals surface area contributed by atoms with Crippen LogP contribution in [0.2, 0.25) is 0 Å². The second-order valence-electron chi connectivity index (χ2n) is 4.73. The Morgan fingerprint density at radius 1 is 1.14 bits per heavy atom. The van der Waals surface area contributed by atoms with E-state index in [1.165, 1.54) is 0 Å². The Labute approximate surface area is 169 Å². The molecule has 29 heavy (non-hydrogen) atoms. The highest BCUT2D eigenvalue weighted by Crippen LogP contribution is 2.34. The van der Waals surface area contributed by atoms with Crippen LogP contribution in [-0.2, 0) is 0 Å². The fraction of sp³-hybridized carbons (Fsp3) is 0.357. The number of nitrogens with one attached hydrogen (secondary N) is 1. The first-order valence-corrected chi connectivity index (χ1v) is 7.38. The number of methoxy groups -OCH3 is 2. The molecule has 0 bridgehead atoms. The summed E-state index contributed by atoms with van der Waals surface area (Å²) in [7, 11) is 3.13. The van der Waals surface area contributed by atoms with Crippen molar-refractivity contribution in [3.8, 4) is 11.5 Å². The van der Waals surface area contributed by atoms with Crippen LogP contribution in [0.3, 0.4) is 0 Å². The normalized spacial score (nSPS) is 10.1. The van der Waals surface area contributed by atoms with Crippen molar-refractivity contribution >= 4 is 29.0 Å². The number of aliphatic hydroxyl groups is 2. The van der Waals surface area contributed by atoms with Crippen LogP contribution in [0.15, 0.2) is 24.4 Å². The van der Waals surface area contributed by atoms with Crippen LogP contribution in [0.25, 0.3) is 10.9 Å². The van der Waals surface area contributed by atoms with Gasteiger partial charge in [-0.1, -0.05) is 0 Å². The molecule has 0 fully saturated rings. The minimum absolute atomic E-state index is 0. The van der Waals surface area contributed by atoms with E-state index in [1.54, 1.807) is 38.6 Å². The van der Waals surface area contributed by atoms with Gasteiger partial charge in [0, 0.05) is 36.4 Å². The highest BCUT2D eigenvalue weighted by Gasteiger charge is 2.11. The van der Waals surface area contributed by atoms with Crippen molar-refractivity contribution in [2.45, 2.75) is 12.6 Å². The van der Waals surface area contributed by atoms with Crippen molar-refractivity contribution < 1.29 is 40.3 Å². The van der Waals surface area contributed by atoms with E-state index in [1.807, 2.05) is 0 Å². The number of ether oxygens (including phenoxy) is 2. The van der Waals surface area contributed by atoms with Gasteiger partial charge in [0.15, 0.2) is 11.5 Å². The van der Waals surface area contributed by atoms with E-state index in [-0.39, 0.29) is 25.4 Å². The van der Waals surface area contributed by atoms with Crippen molar-refractivity contribution in [3.05, 3.63) is 44.6 Å². The lowest BCUT2D eigenvalue weighted by atomic mass is 10.1. The molecule has 0 saturated carbocycles. The molecule has 164 valence electrons. The van der Waals surface area contributed by atoms with Crippen LogP contribution >= 0.6 is 12.4 Å². The lowest BCUT2D eigenvalue weighted by Gasteiger charge is -2.16. The molecule has 5 N–H and O–H groups in total. The number of aromatic nitrogens is 1. The average Bonchev–Trinajstić information content (AvgIpc) is 2.60. The van der Waals surface area contributed by atoms with E-state index in [0.717, 1.165) is 16.6 Å². The minimum atomic E-state index is -1.50. The quantitative estimate of drug-likeness (QED) is 0.242. The molecule has 15 heteroatoms. The van der Waals surface area contributed by atoms with Crippen molar-refractivity contribution in [1.29, 1.82) is 0 Å². The number of hydrogen-bond donors (Lipinski definition) is 5. The number of aliphatic hydroxyl groups excluding tert-OH is 2. The number of halogens is 1. The molecular weight excluding hydrogens is 420 g/mol. The summed E-state index contributed by atoms with van der Waals surface area (Å²) in [5.41, 5.74) is 1.45. The van der Waals surface area contributed by atoms with Crippen LogP contribution in [0.5, 0.6) is 11.5 Å². The van der Waals surface area contributed by atoms with Crippen LogP contribution in [0, 0.1) is 20.2 Å². The molecule has 0 radical (unpaired) electrons. The summed E-state index contributed by atoms with van der Waals surface area (Å²) < 4.78 is 10.5. The second kappa shape index (κ2) is 14.7. The zero-order chi connectivity index (χ0) is 21.7. The molecule has 2 aromatic rings. The Bertz CT molecular complexity index is 759. The summed E-state index contributed by atoms with van der Waals surface area (Å²) >= 11 is 0. The Morgan fingerprint density at radius 2 is 1.62 bits per heavy atom. The van der Waals surface area contributed by atoms with E-state index in [2.05, 4.69) is 10.3 Å². The maximum Gasteiger partial charge on any atom is 0.291 e. The van der Waals surface area contributed by atoms with E-state index < -0.39 is 16.4 Å². The molecule has 0 saturated heterocycles. The summed E-state index contributed by atoms with van der Waals surface area (Å²) in [6, 6.07) is 5.34. The molecule has 1 heterocycles. The third kappa shape index (κ3) is 11.2. The fourth-order valence-corrected chi connectivity index (χ4v) is 1.97. The Hall–Kier alpha value is -3.36. The van der Waals surface area contributed by atoms with E-state index in [4.69, 9.17) is 45.2 Å². The zero-order valence-corrected chi connectivity index (χ0v) is 16.1. The van der Waals surface area contributed by atoms with Crippen molar-refractivity contribution in [1.82, 2.24) is 4.98 Å².